The number of carbonyl (C=O) groups is 2. The first-order chi connectivity index (χ1) is 28.1. The van der Waals surface area contributed by atoms with Gasteiger partial charge >= 0.3 is 27.6 Å². The molecule has 0 saturated heterocycles. The summed E-state index contributed by atoms with van der Waals surface area (Å²) >= 11 is 0. The summed E-state index contributed by atoms with van der Waals surface area (Å²) in [6, 6.07) is 0. The number of allylic oxidation sites excluding steroid dienone is 10. The maximum Gasteiger partial charge on any atom is 0.472 e. The molecule has 0 bridgehead atoms. The molecule has 5 N–H and O–H groups in total. The van der Waals surface area contributed by atoms with Crippen LogP contribution in [0.25, 0.3) is 0 Å². The van der Waals surface area contributed by atoms with Gasteiger partial charge in [-0.3, -0.25) is 23.2 Å². The van der Waals surface area contributed by atoms with Gasteiger partial charge in [-0.2, -0.15) is 0 Å². The summed E-state index contributed by atoms with van der Waals surface area (Å²) in [5.41, 5.74) is 0. The second-order valence-electron chi connectivity index (χ2n) is 14.6. The highest BCUT2D eigenvalue weighted by Crippen LogP contribution is 2.43. The van der Waals surface area contributed by atoms with Crippen molar-refractivity contribution in [3.8, 4) is 0 Å². The molecule has 14 nitrogen and oxygen atoms in total. The molecule has 0 aliphatic carbocycles. The maximum absolute atomic E-state index is 12.6. The number of hydrogen-bond acceptors (Lipinski definition) is 11. The molecule has 2 unspecified atom stereocenters. The fourth-order valence-electron chi connectivity index (χ4n) is 5.17. The molecule has 0 aromatic heterocycles. The quantitative estimate of drug-likeness (QED) is 0.0128. The molecular weight excluding hydrogens is 802 g/mol. The van der Waals surface area contributed by atoms with Gasteiger partial charge in [0.2, 0.25) is 0 Å². The minimum Gasteiger partial charge on any atom is -0.462 e. The Kier molecular flexibility index (Phi) is 35.7. The smallest absolute Gasteiger partial charge is 0.462 e. The van der Waals surface area contributed by atoms with Crippen molar-refractivity contribution in [2.24, 2.45) is 5.92 Å². The Hall–Kier alpha value is -2.48. The normalized spacial score (nSPS) is 15.4. The molecule has 0 saturated carbocycles. The summed E-state index contributed by atoms with van der Waals surface area (Å²) in [5.74, 6) is -0.479. The Morgan fingerprint density at radius 1 is 0.610 bits per heavy atom. The number of esters is 2. The monoisotopic (exact) mass is 876 g/mol. The van der Waals surface area contributed by atoms with E-state index in [1.54, 1.807) is 24.3 Å². The lowest BCUT2D eigenvalue weighted by atomic mass is 10.0. The zero-order chi connectivity index (χ0) is 44.0. The van der Waals surface area contributed by atoms with Crippen molar-refractivity contribution in [1.29, 1.82) is 0 Å². The minimum atomic E-state index is -4.88. The van der Waals surface area contributed by atoms with E-state index in [1.807, 2.05) is 12.2 Å². The minimum absolute atomic E-state index is 0.0139. The van der Waals surface area contributed by atoms with E-state index in [1.165, 1.54) is 32.1 Å². The number of phosphoric acid groups is 2. The van der Waals surface area contributed by atoms with E-state index < -0.39 is 72.3 Å². The van der Waals surface area contributed by atoms with Crippen LogP contribution in [0.5, 0.6) is 0 Å². The largest absolute Gasteiger partial charge is 0.472 e. The van der Waals surface area contributed by atoms with Gasteiger partial charge in [-0.25, -0.2) is 9.13 Å². The second-order valence-corrected chi connectivity index (χ2v) is 17.3. The first-order valence-corrected chi connectivity index (χ1v) is 24.1. The Bertz CT molecular complexity index is 1350. The van der Waals surface area contributed by atoms with Crippen LogP contribution in [0.4, 0.5) is 0 Å². The van der Waals surface area contributed by atoms with Crippen LogP contribution in [0.3, 0.4) is 0 Å². The van der Waals surface area contributed by atoms with Crippen molar-refractivity contribution >= 4 is 27.6 Å². The Morgan fingerprint density at radius 3 is 1.78 bits per heavy atom. The van der Waals surface area contributed by atoms with Crippen LogP contribution >= 0.6 is 15.6 Å². The molecular formula is C43H74O14P2. The summed E-state index contributed by atoms with van der Waals surface area (Å²) in [6.07, 6.45) is 35.2. The van der Waals surface area contributed by atoms with E-state index in [0.29, 0.717) is 19.3 Å². The molecule has 0 spiro atoms. The predicted octanol–water partition coefficient (Wildman–Crippen LogP) is 9.44. The van der Waals surface area contributed by atoms with Gasteiger partial charge in [0, 0.05) is 12.8 Å². The van der Waals surface area contributed by atoms with Gasteiger partial charge < -0.3 is 34.4 Å². The van der Waals surface area contributed by atoms with Gasteiger partial charge in [0.25, 0.3) is 0 Å². The molecule has 0 fully saturated rings. The first kappa shape index (κ1) is 56.5. The first-order valence-electron chi connectivity index (χ1n) is 21.1. The van der Waals surface area contributed by atoms with E-state index in [2.05, 4.69) is 66.3 Å². The topological polar surface area (TPSA) is 216 Å². The van der Waals surface area contributed by atoms with Gasteiger partial charge in [0.05, 0.1) is 25.9 Å². The van der Waals surface area contributed by atoms with E-state index >= 15 is 0 Å². The Morgan fingerprint density at radius 2 is 1.17 bits per heavy atom. The molecule has 59 heavy (non-hydrogen) atoms. The van der Waals surface area contributed by atoms with Gasteiger partial charge in [-0.1, -0.05) is 151 Å². The fraction of sp³-hybridized carbons (Fsp3) is 0.674. The third kappa shape index (κ3) is 42.0. The van der Waals surface area contributed by atoms with Gasteiger partial charge in [-0.05, 0) is 50.9 Å². The van der Waals surface area contributed by atoms with Gasteiger partial charge in [0.1, 0.15) is 12.7 Å². The zero-order valence-electron chi connectivity index (χ0n) is 35.6. The summed E-state index contributed by atoms with van der Waals surface area (Å²) in [4.78, 5) is 52.6. The van der Waals surface area contributed by atoms with Gasteiger partial charge in [-0.15, -0.1) is 0 Å². The summed E-state index contributed by atoms with van der Waals surface area (Å²) < 4.78 is 47.6. The average Bonchev–Trinajstić information content (AvgIpc) is 3.17. The van der Waals surface area contributed by atoms with Crippen molar-refractivity contribution in [2.45, 2.75) is 155 Å². The van der Waals surface area contributed by atoms with Gasteiger partial charge in [0.15, 0.2) is 6.10 Å². The predicted molar refractivity (Wildman–Crippen MR) is 231 cm³/mol. The molecule has 340 valence electrons. The van der Waals surface area contributed by atoms with Crippen LogP contribution < -0.4 is 0 Å². The highest BCUT2D eigenvalue weighted by Gasteiger charge is 2.28. The zero-order valence-corrected chi connectivity index (χ0v) is 37.4. The molecule has 0 aliphatic heterocycles. The second kappa shape index (κ2) is 37.3. The highest BCUT2D eigenvalue weighted by molar-refractivity contribution is 7.47. The summed E-state index contributed by atoms with van der Waals surface area (Å²) in [6.45, 7) is 3.69. The van der Waals surface area contributed by atoms with Crippen LogP contribution in [0.1, 0.15) is 136 Å². The van der Waals surface area contributed by atoms with E-state index in [4.69, 9.17) is 23.8 Å². The van der Waals surface area contributed by atoms with E-state index in [9.17, 15) is 33.8 Å². The lowest BCUT2D eigenvalue weighted by Crippen LogP contribution is -2.29. The van der Waals surface area contributed by atoms with Crippen LogP contribution in [0, 0.1) is 5.92 Å². The molecule has 0 aromatic carbocycles. The standard InChI is InChI=1S/C43H74O14P2/c1-4-5-6-7-8-9-10-11-12-15-18-21-25-30-39(44)31-26-23-28-32-42(46)53-36-41(37-56-59(51,52)55-35-40(45)34-54-58(48,49)50)57-43(47)33-27-22-19-16-13-14-17-20-24-29-38(2)3/h5-6,8-9,11-12,18,21,23,25-26,30,38-41,44-45H,4,7,10,13-17,19-20,22,24,27-29,31-37H2,1-3H3,(H,51,52)(H2,48,49,50)/b6-5-,9-8-,12-11-,21-18-,26-23-,30-25-/t39?,40-,41+/m0/s1. The molecule has 0 aliphatic rings. The third-order valence-corrected chi connectivity index (χ3v) is 9.81. The molecule has 0 radical (unpaired) electrons. The number of carbonyl (C=O) groups excluding carboxylic acids is 2. The van der Waals surface area contributed by atoms with Crippen LogP contribution in [-0.2, 0) is 41.8 Å². The number of unbranched alkanes of at least 4 members (excludes halogenated alkanes) is 8. The Labute approximate surface area is 353 Å². The number of phosphoric ester groups is 2. The highest BCUT2D eigenvalue weighted by atomic mass is 31.2. The van der Waals surface area contributed by atoms with Crippen molar-refractivity contribution in [2.75, 3.05) is 26.4 Å². The maximum atomic E-state index is 12.6. The van der Waals surface area contributed by atoms with Crippen LogP contribution in [-0.4, -0.2) is 81.6 Å². The molecule has 4 atom stereocenters. The summed E-state index contributed by atoms with van der Waals surface area (Å²) in [5, 5.41) is 19.9. The Balaban J connectivity index is 4.74. The number of aliphatic hydroxyl groups excluding tert-OH is 2. The van der Waals surface area contributed by atoms with Crippen molar-refractivity contribution in [1.82, 2.24) is 0 Å². The fourth-order valence-corrected chi connectivity index (χ4v) is 6.33. The molecule has 0 heterocycles. The molecule has 16 heteroatoms. The number of aliphatic hydroxyl groups is 2. The summed E-state index contributed by atoms with van der Waals surface area (Å²) in [7, 11) is -9.73. The molecule has 0 amide bonds. The van der Waals surface area contributed by atoms with Crippen LogP contribution in [0.15, 0.2) is 72.9 Å². The van der Waals surface area contributed by atoms with Crippen LogP contribution in [0.2, 0.25) is 0 Å². The number of hydrogen-bond donors (Lipinski definition) is 5. The van der Waals surface area contributed by atoms with Crippen molar-refractivity contribution in [3.05, 3.63) is 72.9 Å². The third-order valence-electron chi connectivity index (χ3n) is 8.37. The molecule has 0 rings (SSSR count). The number of rotatable bonds is 38. The lowest BCUT2D eigenvalue weighted by Gasteiger charge is -2.20. The van der Waals surface area contributed by atoms with E-state index in [-0.39, 0.29) is 12.8 Å². The number of ether oxygens (including phenoxy) is 2. The average molecular weight is 877 g/mol. The molecule has 0 aromatic rings. The SMILES string of the molecule is CC/C=C\C/C=C\C/C=C\C/C=C\C=C/C(O)C/C=C\CCC(=O)OC[C@H](COP(=O)(O)OC[C@@H](O)COP(=O)(O)O)OC(=O)CCCCCCCCCCCC(C)C. The van der Waals surface area contributed by atoms with Crippen molar-refractivity contribution < 1.29 is 66.7 Å². The van der Waals surface area contributed by atoms with E-state index in [0.717, 1.165) is 57.3 Å². The lowest BCUT2D eigenvalue weighted by molar-refractivity contribution is -0.161. The van der Waals surface area contributed by atoms with Crippen molar-refractivity contribution in [3.63, 3.8) is 0 Å².